The fraction of sp³-hybridized carbons (Fsp3) is 0.0556. The first-order valence-electron chi connectivity index (χ1n) is 7.39. The smallest absolute Gasteiger partial charge is 0.277 e. The zero-order valence-corrected chi connectivity index (χ0v) is 13.8. The van der Waals surface area contributed by atoms with E-state index in [2.05, 4.69) is 4.98 Å². The summed E-state index contributed by atoms with van der Waals surface area (Å²) in [4.78, 5) is 17.8. The standard InChI is InChI=1S/C18H11N3O3S/c1-9-15-13(7-12(22)16(9)23)25-18-20-14(10-5-3-2-4-6-10)11(8-19)17(24)21(15)18/h2-7,22-23H,1H3. The predicted molar refractivity (Wildman–Crippen MR) is 95.1 cm³/mol. The number of hydrogen-bond acceptors (Lipinski definition) is 6. The van der Waals surface area contributed by atoms with E-state index in [0.29, 0.717) is 32.0 Å². The van der Waals surface area contributed by atoms with Crippen molar-refractivity contribution in [1.29, 1.82) is 5.26 Å². The van der Waals surface area contributed by atoms with Crippen molar-refractivity contribution in [3.05, 3.63) is 57.9 Å². The zero-order chi connectivity index (χ0) is 17.7. The van der Waals surface area contributed by atoms with Crippen LogP contribution in [0.5, 0.6) is 11.5 Å². The largest absolute Gasteiger partial charge is 0.504 e. The maximum atomic E-state index is 12.9. The zero-order valence-electron chi connectivity index (χ0n) is 13.0. The highest BCUT2D eigenvalue weighted by Gasteiger charge is 2.20. The summed E-state index contributed by atoms with van der Waals surface area (Å²) in [5.74, 6) is -0.543. The third-order valence-electron chi connectivity index (χ3n) is 4.09. The number of nitrogens with zero attached hydrogens (tertiary/aromatic N) is 3. The van der Waals surface area contributed by atoms with Gasteiger partial charge >= 0.3 is 0 Å². The van der Waals surface area contributed by atoms with Gasteiger partial charge in [0.15, 0.2) is 16.5 Å². The Balaban J connectivity index is 2.21. The molecular weight excluding hydrogens is 338 g/mol. The Bertz CT molecular complexity index is 1250. The van der Waals surface area contributed by atoms with Crippen LogP contribution in [0.2, 0.25) is 0 Å². The topological polar surface area (TPSA) is 98.6 Å². The van der Waals surface area contributed by atoms with Crippen LogP contribution < -0.4 is 5.56 Å². The molecule has 0 unspecified atom stereocenters. The van der Waals surface area contributed by atoms with E-state index >= 15 is 0 Å². The third-order valence-corrected chi connectivity index (χ3v) is 5.08. The number of nitriles is 1. The van der Waals surface area contributed by atoms with Crippen LogP contribution in [0.4, 0.5) is 0 Å². The molecular formula is C18H11N3O3S. The van der Waals surface area contributed by atoms with Crippen molar-refractivity contribution in [1.82, 2.24) is 9.38 Å². The first-order chi connectivity index (χ1) is 12.0. The van der Waals surface area contributed by atoms with Crippen molar-refractivity contribution < 1.29 is 10.2 Å². The lowest BCUT2D eigenvalue weighted by Gasteiger charge is -2.06. The number of rotatable bonds is 1. The number of phenols is 2. The molecule has 0 saturated heterocycles. The lowest BCUT2D eigenvalue weighted by molar-refractivity contribution is 0.402. The second-order valence-corrected chi connectivity index (χ2v) is 6.56. The van der Waals surface area contributed by atoms with Gasteiger partial charge in [-0.25, -0.2) is 9.38 Å². The van der Waals surface area contributed by atoms with Crippen molar-refractivity contribution in [2.75, 3.05) is 0 Å². The molecule has 0 atom stereocenters. The summed E-state index contributed by atoms with van der Waals surface area (Å²) in [6, 6.07) is 12.4. The molecule has 4 rings (SSSR count). The van der Waals surface area contributed by atoms with Gasteiger partial charge in [-0.15, -0.1) is 0 Å². The molecule has 2 aromatic carbocycles. The molecule has 7 heteroatoms. The minimum absolute atomic E-state index is 0.0598. The number of fused-ring (bicyclic) bond motifs is 3. The van der Waals surface area contributed by atoms with E-state index in [4.69, 9.17) is 0 Å². The molecule has 0 aliphatic rings. The average molecular weight is 349 g/mol. The first-order valence-corrected chi connectivity index (χ1v) is 8.21. The van der Waals surface area contributed by atoms with E-state index in [9.17, 15) is 20.3 Å². The van der Waals surface area contributed by atoms with Crippen LogP contribution in [-0.4, -0.2) is 19.6 Å². The number of aromatic hydroxyl groups is 2. The summed E-state index contributed by atoms with van der Waals surface area (Å²) < 4.78 is 1.92. The second-order valence-electron chi connectivity index (χ2n) is 5.55. The molecule has 6 nitrogen and oxygen atoms in total. The van der Waals surface area contributed by atoms with Gasteiger partial charge in [0, 0.05) is 17.2 Å². The molecule has 0 spiro atoms. The number of hydrogen-bond donors (Lipinski definition) is 2. The Labute approximate surface area is 145 Å². The molecule has 0 saturated carbocycles. The van der Waals surface area contributed by atoms with Crippen LogP contribution >= 0.6 is 11.3 Å². The Morgan fingerprint density at radius 2 is 1.96 bits per heavy atom. The molecule has 122 valence electrons. The molecule has 0 aliphatic carbocycles. The number of aromatic nitrogens is 2. The van der Waals surface area contributed by atoms with Crippen LogP contribution in [-0.2, 0) is 0 Å². The second kappa shape index (κ2) is 5.33. The van der Waals surface area contributed by atoms with E-state index in [1.807, 2.05) is 24.3 Å². The monoisotopic (exact) mass is 349 g/mol. The molecule has 0 bridgehead atoms. The van der Waals surface area contributed by atoms with Gasteiger partial charge in [0.25, 0.3) is 5.56 Å². The molecule has 0 amide bonds. The maximum absolute atomic E-state index is 12.9. The SMILES string of the molecule is Cc1c(O)c(O)cc2sc3nc(-c4ccccc4)c(C#N)c(=O)n3c12. The fourth-order valence-corrected chi connectivity index (χ4v) is 3.99. The number of thiazole rings is 1. The molecule has 0 radical (unpaired) electrons. The first kappa shape index (κ1) is 15.2. The number of benzene rings is 2. The van der Waals surface area contributed by atoms with Gasteiger partial charge in [-0.1, -0.05) is 41.7 Å². The normalized spacial score (nSPS) is 11.0. The van der Waals surface area contributed by atoms with Gasteiger partial charge in [0.1, 0.15) is 11.6 Å². The van der Waals surface area contributed by atoms with Crippen molar-refractivity contribution in [2.45, 2.75) is 6.92 Å². The molecule has 0 aliphatic heterocycles. The van der Waals surface area contributed by atoms with Crippen molar-refractivity contribution in [2.24, 2.45) is 0 Å². The molecule has 2 N–H and O–H groups in total. The molecule has 2 aromatic heterocycles. The Morgan fingerprint density at radius 1 is 1.24 bits per heavy atom. The van der Waals surface area contributed by atoms with Crippen LogP contribution in [0.15, 0.2) is 41.2 Å². The highest BCUT2D eigenvalue weighted by atomic mass is 32.1. The van der Waals surface area contributed by atoms with Gasteiger partial charge in [-0.3, -0.25) is 4.79 Å². The molecule has 2 heterocycles. The van der Waals surface area contributed by atoms with E-state index in [0.717, 1.165) is 0 Å². The molecule has 0 fully saturated rings. The van der Waals surface area contributed by atoms with Crippen LogP contribution in [0.25, 0.3) is 26.4 Å². The van der Waals surface area contributed by atoms with Crippen LogP contribution in [0.3, 0.4) is 0 Å². The minimum Gasteiger partial charge on any atom is -0.504 e. The predicted octanol–water partition coefficient (Wildman–Crippen LogP) is 3.17. The third kappa shape index (κ3) is 2.08. The highest BCUT2D eigenvalue weighted by molar-refractivity contribution is 7.23. The van der Waals surface area contributed by atoms with E-state index < -0.39 is 5.56 Å². The van der Waals surface area contributed by atoms with Gasteiger partial charge in [0.05, 0.1) is 15.9 Å². The summed E-state index contributed by atoms with van der Waals surface area (Å²) in [6.45, 7) is 1.60. The van der Waals surface area contributed by atoms with E-state index in [-0.39, 0.29) is 17.1 Å². The Hall–Kier alpha value is -3.37. The van der Waals surface area contributed by atoms with E-state index in [1.54, 1.807) is 19.1 Å². The fourth-order valence-electron chi connectivity index (χ4n) is 2.88. The maximum Gasteiger partial charge on any atom is 0.277 e. The number of phenolic OH excluding ortho intramolecular Hbond substituents is 2. The van der Waals surface area contributed by atoms with Crippen molar-refractivity contribution in [3.63, 3.8) is 0 Å². The lowest BCUT2D eigenvalue weighted by atomic mass is 10.1. The van der Waals surface area contributed by atoms with Gasteiger partial charge in [-0.05, 0) is 6.92 Å². The summed E-state index contributed by atoms with van der Waals surface area (Å²) in [5.41, 5.74) is 1.26. The Morgan fingerprint density at radius 3 is 2.64 bits per heavy atom. The van der Waals surface area contributed by atoms with E-state index in [1.165, 1.54) is 21.8 Å². The number of aryl methyl sites for hydroxylation is 1. The van der Waals surface area contributed by atoms with Crippen molar-refractivity contribution >= 4 is 26.5 Å². The Kier molecular flexibility index (Phi) is 3.23. The van der Waals surface area contributed by atoms with Gasteiger partial charge < -0.3 is 10.2 Å². The van der Waals surface area contributed by atoms with Gasteiger partial charge in [0.2, 0.25) is 0 Å². The summed E-state index contributed by atoms with van der Waals surface area (Å²) in [7, 11) is 0. The highest BCUT2D eigenvalue weighted by Crippen LogP contribution is 2.38. The average Bonchev–Trinajstić information content (AvgIpc) is 2.99. The molecule has 4 aromatic rings. The minimum atomic E-state index is -0.495. The van der Waals surface area contributed by atoms with Crippen LogP contribution in [0.1, 0.15) is 11.1 Å². The summed E-state index contributed by atoms with van der Waals surface area (Å²) >= 11 is 1.21. The quantitative estimate of drug-likeness (QED) is 0.514. The molecule has 25 heavy (non-hydrogen) atoms. The lowest BCUT2D eigenvalue weighted by Crippen LogP contribution is -2.18. The van der Waals surface area contributed by atoms with Crippen molar-refractivity contribution in [3.8, 4) is 28.8 Å². The van der Waals surface area contributed by atoms with Gasteiger partial charge in [-0.2, -0.15) is 5.26 Å². The summed E-state index contributed by atoms with van der Waals surface area (Å²) in [5, 5.41) is 29.3. The van der Waals surface area contributed by atoms with Crippen LogP contribution in [0, 0.1) is 18.3 Å². The summed E-state index contributed by atoms with van der Waals surface area (Å²) in [6.07, 6.45) is 0.